The second-order valence-corrected chi connectivity index (χ2v) is 7.45. The number of hydrogen-bond donors (Lipinski definition) is 1. The molecule has 2 nitrogen and oxygen atoms in total. The van der Waals surface area contributed by atoms with E-state index >= 15 is 0 Å². The van der Waals surface area contributed by atoms with Crippen LogP contribution in [0.3, 0.4) is 0 Å². The van der Waals surface area contributed by atoms with Gasteiger partial charge in [-0.05, 0) is 63.6 Å². The Labute approximate surface area is 131 Å². The molecule has 2 aromatic rings. The number of benzene rings is 1. The number of aromatic nitrogens is 1. The fraction of sp³-hybridized carbons (Fsp3) is 0.500. The topological polar surface area (TPSA) is 24.9 Å². The first kappa shape index (κ1) is 14.7. The Bertz CT molecular complexity index is 601. The van der Waals surface area contributed by atoms with Crippen LogP contribution in [-0.4, -0.2) is 11.0 Å². The van der Waals surface area contributed by atoms with Crippen molar-refractivity contribution in [3.05, 3.63) is 50.5 Å². The third-order valence-corrected chi connectivity index (χ3v) is 5.41. The number of nitrogens with one attached hydrogen (secondary N) is 1. The van der Waals surface area contributed by atoms with Gasteiger partial charge in [0.2, 0.25) is 0 Å². The van der Waals surface area contributed by atoms with Crippen molar-refractivity contribution in [2.24, 2.45) is 0 Å². The molecule has 0 saturated carbocycles. The first-order valence-corrected chi connectivity index (χ1v) is 8.68. The van der Waals surface area contributed by atoms with Crippen LogP contribution in [0.4, 0.5) is 0 Å². The van der Waals surface area contributed by atoms with Gasteiger partial charge in [-0.3, -0.25) is 0 Å². The van der Waals surface area contributed by atoms with Crippen LogP contribution in [0.1, 0.15) is 58.6 Å². The van der Waals surface area contributed by atoms with E-state index in [9.17, 15) is 0 Å². The van der Waals surface area contributed by atoms with Gasteiger partial charge in [-0.1, -0.05) is 18.2 Å². The predicted octanol–water partition coefficient (Wildman–Crippen LogP) is 4.34. The molecule has 1 N–H and O–H groups in total. The summed E-state index contributed by atoms with van der Waals surface area (Å²) >= 11 is 1.91. The second-order valence-electron chi connectivity index (χ2n) is 6.34. The van der Waals surface area contributed by atoms with Gasteiger partial charge in [-0.25, -0.2) is 4.98 Å². The Morgan fingerprint density at radius 2 is 1.86 bits per heavy atom. The average molecular weight is 300 g/mol. The minimum Gasteiger partial charge on any atom is -0.302 e. The third kappa shape index (κ3) is 2.90. The van der Waals surface area contributed by atoms with Crippen LogP contribution in [0.15, 0.2) is 18.2 Å². The largest absolute Gasteiger partial charge is 0.302 e. The van der Waals surface area contributed by atoms with Crippen molar-refractivity contribution < 1.29 is 0 Å². The van der Waals surface area contributed by atoms with Gasteiger partial charge in [0.25, 0.3) is 0 Å². The Kier molecular flexibility index (Phi) is 4.14. The van der Waals surface area contributed by atoms with Gasteiger partial charge in [-0.15, -0.1) is 11.3 Å². The molecule has 1 aromatic carbocycles. The highest BCUT2D eigenvalue weighted by molar-refractivity contribution is 7.11. The molecule has 0 bridgehead atoms. The van der Waals surface area contributed by atoms with E-state index in [1.165, 1.54) is 45.1 Å². The van der Waals surface area contributed by atoms with Crippen molar-refractivity contribution in [2.45, 2.75) is 59.0 Å². The summed E-state index contributed by atoms with van der Waals surface area (Å²) in [7, 11) is 0. The molecule has 1 atom stereocenters. The summed E-state index contributed by atoms with van der Waals surface area (Å²) < 4.78 is 0. The maximum absolute atomic E-state index is 4.96. The lowest BCUT2D eigenvalue weighted by Crippen LogP contribution is -2.30. The fourth-order valence-corrected chi connectivity index (χ4v) is 4.45. The molecular weight excluding hydrogens is 276 g/mol. The normalized spacial score (nSPS) is 15.5. The number of thiazole rings is 1. The van der Waals surface area contributed by atoms with Crippen LogP contribution in [0, 0.1) is 13.8 Å². The Morgan fingerprint density at radius 3 is 2.48 bits per heavy atom. The molecule has 1 aliphatic rings. The lowest BCUT2D eigenvalue weighted by Gasteiger charge is -2.23. The van der Waals surface area contributed by atoms with Gasteiger partial charge < -0.3 is 5.32 Å². The molecule has 0 fully saturated rings. The minimum atomic E-state index is 0.224. The SMILES string of the molecule is Cc1cccc(C)c1C(NC(C)C)c1nc2c(s1)CCC2. The molecular formula is C18H24N2S. The molecule has 21 heavy (non-hydrogen) atoms. The first-order valence-electron chi connectivity index (χ1n) is 7.87. The molecule has 1 unspecified atom stereocenters. The monoisotopic (exact) mass is 300 g/mol. The maximum atomic E-state index is 4.96. The van der Waals surface area contributed by atoms with Crippen LogP contribution in [-0.2, 0) is 12.8 Å². The van der Waals surface area contributed by atoms with E-state index < -0.39 is 0 Å². The van der Waals surface area contributed by atoms with Gasteiger partial charge in [-0.2, -0.15) is 0 Å². The lowest BCUT2D eigenvalue weighted by atomic mass is 9.96. The zero-order valence-corrected chi connectivity index (χ0v) is 14.2. The van der Waals surface area contributed by atoms with Gasteiger partial charge >= 0.3 is 0 Å². The van der Waals surface area contributed by atoms with Crippen molar-refractivity contribution >= 4 is 11.3 Å². The molecule has 0 saturated heterocycles. The zero-order valence-electron chi connectivity index (χ0n) is 13.4. The van der Waals surface area contributed by atoms with E-state index in [4.69, 9.17) is 4.98 Å². The van der Waals surface area contributed by atoms with E-state index in [-0.39, 0.29) is 6.04 Å². The molecule has 0 radical (unpaired) electrons. The van der Waals surface area contributed by atoms with Crippen molar-refractivity contribution in [1.29, 1.82) is 0 Å². The summed E-state index contributed by atoms with van der Waals surface area (Å²) in [5.41, 5.74) is 5.45. The van der Waals surface area contributed by atoms with E-state index in [1.807, 2.05) is 11.3 Å². The quantitative estimate of drug-likeness (QED) is 0.908. The van der Waals surface area contributed by atoms with Crippen LogP contribution in [0.5, 0.6) is 0 Å². The molecule has 1 aliphatic carbocycles. The number of rotatable bonds is 4. The Hall–Kier alpha value is -1.19. The Morgan fingerprint density at radius 1 is 1.14 bits per heavy atom. The highest BCUT2D eigenvalue weighted by atomic mass is 32.1. The standard InChI is InChI=1S/C18H24N2S/c1-11(2)19-17(16-12(3)7-5-8-13(16)4)18-20-14-9-6-10-15(14)21-18/h5,7-8,11,17,19H,6,9-10H2,1-4H3. The fourth-order valence-electron chi connectivity index (χ4n) is 3.23. The summed E-state index contributed by atoms with van der Waals surface area (Å²) in [5, 5.41) is 4.97. The van der Waals surface area contributed by atoms with E-state index in [2.05, 4.69) is 51.2 Å². The van der Waals surface area contributed by atoms with Gasteiger partial charge in [0.1, 0.15) is 5.01 Å². The highest BCUT2D eigenvalue weighted by Crippen LogP contribution is 2.35. The van der Waals surface area contributed by atoms with Crippen molar-refractivity contribution in [2.75, 3.05) is 0 Å². The van der Waals surface area contributed by atoms with Crippen molar-refractivity contribution in [3.8, 4) is 0 Å². The number of fused-ring (bicyclic) bond motifs is 1. The lowest BCUT2D eigenvalue weighted by molar-refractivity contribution is 0.523. The van der Waals surface area contributed by atoms with Crippen molar-refractivity contribution in [3.63, 3.8) is 0 Å². The second kappa shape index (κ2) is 5.90. The summed E-state index contributed by atoms with van der Waals surface area (Å²) in [6.45, 7) is 8.83. The van der Waals surface area contributed by atoms with Gasteiger partial charge in [0, 0.05) is 10.9 Å². The van der Waals surface area contributed by atoms with E-state index in [1.54, 1.807) is 0 Å². The Balaban J connectivity index is 2.05. The van der Waals surface area contributed by atoms with E-state index in [0.717, 1.165) is 6.42 Å². The average Bonchev–Trinajstić information content (AvgIpc) is 2.97. The number of hydrogen-bond acceptors (Lipinski definition) is 3. The van der Waals surface area contributed by atoms with Crippen LogP contribution < -0.4 is 5.32 Å². The summed E-state index contributed by atoms with van der Waals surface area (Å²) in [6, 6.07) is 7.22. The van der Waals surface area contributed by atoms with E-state index in [0.29, 0.717) is 6.04 Å². The smallest absolute Gasteiger partial charge is 0.115 e. The van der Waals surface area contributed by atoms with Gasteiger partial charge in [0.15, 0.2) is 0 Å². The molecule has 0 spiro atoms. The summed E-state index contributed by atoms with van der Waals surface area (Å²) in [4.78, 5) is 6.47. The van der Waals surface area contributed by atoms with Crippen LogP contribution in [0.25, 0.3) is 0 Å². The third-order valence-electron chi connectivity index (χ3n) is 4.19. The zero-order chi connectivity index (χ0) is 15.0. The number of nitrogens with zero attached hydrogens (tertiary/aromatic N) is 1. The van der Waals surface area contributed by atoms with Crippen molar-refractivity contribution in [1.82, 2.24) is 10.3 Å². The van der Waals surface area contributed by atoms with Crippen LogP contribution in [0.2, 0.25) is 0 Å². The molecule has 0 amide bonds. The predicted molar refractivity (Wildman–Crippen MR) is 90.2 cm³/mol. The molecule has 1 heterocycles. The van der Waals surface area contributed by atoms with Crippen LogP contribution >= 0.6 is 11.3 Å². The highest BCUT2D eigenvalue weighted by Gasteiger charge is 2.25. The molecule has 3 rings (SSSR count). The minimum absolute atomic E-state index is 0.224. The summed E-state index contributed by atoms with van der Waals surface area (Å²) in [5.74, 6) is 0. The van der Waals surface area contributed by atoms with Gasteiger partial charge in [0.05, 0.1) is 11.7 Å². The number of aryl methyl sites for hydroxylation is 4. The molecule has 112 valence electrons. The first-order chi connectivity index (χ1) is 10.1. The summed E-state index contributed by atoms with van der Waals surface area (Å²) in [6.07, 6.45) is 3.65. The molecule has 3 heteroatoms. The maximum Gasteiger partial charge on any atom is 0.115 e. The molecule has 0 aliphatic heterocycles. The molecule has 1 aromatic heterocycles.